The van der Waals surface area contributed by atoms with Crippen molar-refractivity contribution in [1.82, 2.24) is 4.98 Å². The number of carbonyl (C=O) groups is 1. The van der Waals surface area contributed by atoms with Crippen LogP contribution in [-0.4, -0.2) is 17.5 Å². The van der Waals surface area contributed by atoms with Crippen molar-refractivity contribution in [2.75, 3.05) is 11.9 Å². The van der Waals surface area contributed by atoms with E-state index in [9.17, 15) is 4.79 Å². The Labute approximate surface area is 173 Å². The molecule has 0 unspecified atom stereocenters. The van der Waals surface area contributed by atoms with Gasteiger partial charge in [-0.25, -0.2) is 4.98 Å². The SMILES string of the molecule is Cc1ccc(C)c(OCC(=O)Nc2ccc3nc(-c4cccc(Cl)c4)oc3c2)c1. The van der Waals surface area contributed by atoms with Gasteiger partial charge in [0.2, 0.25) is 5.89 Å². The number of aryl methyl sites for hydroxylation is 2. The minimum atomic E-state index is -0.250. The summed E-state index contributed by atoms with van der Waals surface area (Å²) in [4.78, 5) is 16.8. The molecule has 0 fully saturated rings. The van der Waals surface area contributed by atoms with Crippen molar-refractivity contribution in [1.29, 1.82) is 0 Å². The number of amides is 1. The fourth-order valence-corrected chi connectivity index (χ4v) is 3.14. The van der Waals surface area contributed by atoms with E-state index < -0.39 is 0 Å². The number of nitrogens with zero attached hydrogens (tertiary/aromatic N) is 1. The Balaban J connectivity index is 1.46. The predicted molar refractivity (Wildman–Crippen MR) is 114 cm³/mol. The molecule has 1 amide bonds. The first-order chi connectivity index (χ1) is 14.0. The summed E-state index contributed by atoms with van der Waals surface area (Å²) in [5, 5.41) is 3.44. The van der Waals surface area contributed by atoms with Crippen LogP contribution >= 0.6 is 11.6 Å². The quantitative estimate of drug-likeness (QED) is 0.456. The lowest BCUT2D eigenvalue weighted by molar-refractivity contribution is -0.118. The van der Waals surface area contributed by atoms with Gasteiger partial charge in [-0.05, 0) is 61.4 Å². The number of halogens is 1. The highest BCUT2D eigenvalue weighted by Gasteiger charge is 2.11. The van der Waals surface area contributed by atoms with Gasteiger partial charge in [0.1, 0.15) is 11.3 Å². The molecular formula is C23H19ClN2O3. The molecule has 5 nitrogen and oxygen atoms in total. The average molecular weight is 407 g/mol. The number of rotatable bonds is 5. The zero-order chi connectivity index (χ0) is 20.4. The molecule has 1 heterocycles. The molecule has 1 N–H and O–H groups in total. The van der Waals surface area contributed by atoms with E-state index in [1.54, 1.807) is 30.3 Å². The molecule has 4 rings (SSSR count). The largest absolute Gasteiger partial charge is 0.483 e. The van der Waals surface area contributed by atoms with Crippen LogP contribution < -0.4 is 10.1 Å². The fourth-order valence-electron chi connectivity index (χ4n) is 2.95. The molecule has 4 aromatic rings. The molecule has 0 aliphatic carbocycles. The van der Waals surface area contributed by atoms with Crippen molar-refractivity contribution < 1.29 is 13.9 Å². The lowest BCUT2D eigenvalue weighted by Gasteiger charge is -2.10. The summed E-state index contributed by atoms with van der Waals surface area (Å²) in [7, 11) is 0. The van der Waals surface area contributed by atoms with Gasteiger partial charge in [0.05, 0.1) is 0 Å². The average Bonchev–Trinajstić information content (AvgIpc) is 3.12. The number of hydrogen-bond acceptors (Lipinski definition) is 4. The molecule has 6 heteroatoms. The number of carbonyl (C=O) groups excluding carboxylic acids is 1. The van der Waals surface area contributed by atoms with Crippen molar-refractivity contribution in [2.45, 2.75) is 13.8 Å². The Kier molecular flexibility index (Phi) is 5.23. The monoisotopic (exact) mass is 406 g/mol. The van der Waals surface area contributed by atoms with E-state index in [1.165, 1.54) is 0 Å². The number of oxazole rings is 1. The first-order valence-corrected chi connectivity index (χ1v) is 9.52. The molecule has 0 saturated heterocycles. The first kappa shape index (κ1) is 19.0. The van der Waals surface area contributed by atoms with Crippen LogP contribution in [0.1, 0.15) is 11.1 Å². The standard InChI is InChI=1S/C23H19ClN2O3/c1-14-6-7-15(2)20(10-14)28-13-22(27)25-18-8-9-19-21(12-18)29-23(26-19)16-4-3-5-17(24)11-16/h3-12H,13H2,1-2H3,(H,25,27). The van der Waals surface area contributed by atoms with Gasteiger partial charge in [-0.2, -0.15) is 0 Å². The lowest BCUT2D eigenvalue weighted by atomic mass is 10.1. The van der Waals surface area contributed by atoms with E-state index in [4.69, 9.17) is 20.8 Å². The summed E-state index contributed by atoms with van der Waals surface area (Å²) >= 11 is 6.04. The maximum Gasteiger partial charge on any atom is 0.262 e. The number of ether oxygens (including phenoxy) is 1. The molecular weight excluding hydrogens is 388 g/mol. The number of nitrogens with one attached hydrogen (secondary N) is 1. The number of hydrogen-bond donors (Lipinski definition) is 1. The van der Waals surface area contributed by atoms with E-state index in [0.29, 0.717) is 33.4 Å². The van der Waals surface area contributed by atoms with Crippen LogP contribution in [0, 0.1) is 13.8 Å². The highest BCUT2D eigenvalue weighted by atomic mass is 35.5. The summed E-state index contributed by atoms with van der Waals surface area (Å²) in [5.41, 5.74) is 4.75. The summed E-state index contributed by atoms with van der Waals surface area (Å²) < 4.78 is 11.5. The molecule has 0 aliphatic heterocycles. The zero-order valence-corrected chi connectivity index (χ0v) is 16.8. The number of anilines is 1. The Morgan fingerprint density at radius 3 is 2.79 bits per heavy atom. The van der Waals surface area contributed by atoms with E-state index in [2.05, 4.69) is 10.3 Å². The van der Waals surface area contributed by atoms with Crippen LogP contribution in [0.2, 0.25) is 5.02 Å². The third-order valence-corrected chi connectivity index (χ3v) is 4.68. The molecule has 1 aromatic heterocycles. The minimum Gasteiger partial charge on any atom is -0.483 e. The van der Waals surface area contributed by atoms with E-state index in [0.717, 1.165) is 16.7 Å². The maximum atomic E-state index is 12.3. The first-order valence-electron chi connectivity index (χ1n) is 9.14. The molecule has 0 saturated carbocycles. The molecule has 0 aliphatic rings. The van der Waals surface area contributed by atoms with Crippen molar-refractivity contribution >= 4 is 34.3 Å². The summed E-state index contributed by atoms with van der Waals surface area (Å²) in [6.07, 6.45) is 0. The fraction of sp³-hybridized carbons (Fsp3) is 0.130. The van der Waals surface area contributed by atoms with Gasteiger partial charge in [-0.15, -0.1) is 0 Å². The highest BCUT2D eigenvalue weighted by Crippen LogP contribution is 2.28. The molecule has 0 spiro atoms. The molecule has 0 radical (unpaired) electrons. The highest BCUT2D eigenvalue weighted by molar-refractivity contribution is 6.30. The Hall–Kier alpha value is -3.31. The van der Waals surface area contributed by atoms with Gasteiger partial charge in [-0.3, -0.25) is 4.79 Å². The number of fused-ring (bicyclic) bond motifs is 1. The van der Waals surface area contributed by atoms with Gasteiger partial charge < -0.3 is 14.5 Å². The second kappa shape index (κ2) is 7.97. The maximum absolute atomic E-state index is 12.3. The molecule has 29 heavy (non-hydrogen) atoms. The predicted octanol–water partition coefficient (Wildman–Crippen LogP) is 5.78. The van der Waals surface area contributed by atoms with Crippen molar-refractivity contribution in [3.05, 3.63) is 76.8 Å². The number of benzene rings is 3. The third-order valence-electron chi connectivity index (χ3n) is 4.45. The minimum absolute atomic E-state index is 0.0769. The second-order valence-corrected chi connectivity index (χ2v) is 7.25. The van der Waals surface area contributed by atoms with Crippen LogP contribution in [0.15, 0.2) is 65.1 Å². The molecule has 146 valence electrons. The third kappa shape index (κ3) is 4.41. The van der Waals surface area contributed by atoms with E-state index >= 15 is 0 Å². The Morgan fingerprint density at radius 2 is 1.97 bits per heavy atom. The van der Waals surface area contributed by atoms with Gasteiger partial charge in [-0.1, -0.05) is 29.8 Å². The summed E-state index contributed by atoms with van der Waals surface area (Å²) in [6.45, 7) is 3.85. The molecule has 3 aromatic carbocycles. The van der Waals surface area contributed by atoms with E-state index in [1.807, 2.05) is 44.2 Å². The van der Waals surface area contributed by atoms with Crippen LogP contribution in [0.25, 0.3) is 22.6 Å². The van der Waals surface area contributed by atoms with E-state index in [-0.39, 0.29) is 12.5 Å². The normalized spacial score (nSPS) is 10.9. The van der Waals surface area contributed by atoms with Crippen LogP contribution in [0.4, 0.5) is 5.69 Å². The van der Waals surface area contributed by atoms with Crippen LogP contribution in [0.3, 0.4) is 0 Å². The zero-order valence-electron chi connectivity index (χ0n) is 16.0. The van der Waals surface area contributed by atoms with Crippen LogP contribution in [0.5, 0.6) is 5.75 Å². The molecule has 0 atom stereocenters. The molecule has 0 bridgehead atoms. The Morgan fingerprint density at radius 1 is 1.10 bits per heavy atom. The summed E-state index contributed by atoms with van der Waals surface area (Å²) in [6, 6.07) is 18.5. The second-order valence-electron chi connectivity index (χ2n) is 6.82. The Bertz CT molecular complexity index is 1200. The van der Waals surface area contributed by atoms with Gasteiger partial charge in [0.15, 0.2) is 12.2 Å². The summed E-state index contributed by atoms with van der Waals surface area (Å²) in [5.74, 6) is 0.932. The number of aromatic nitrogens is 1. The van der Waals surface area contributed by atoms with Crippen molar-refractivity contribution in [3.63, 3.8) is 0 Å². The topological polar surface area (TPSA) is 64.4 Å². The smallest absolute Gasteiger partial charge is 0.262 e. The van der Waals surface area contributed by atoms with Gasteiger partial charge in [0, 0.05) is 22.3 Å². The van der Waals surface area contributed by atoms with Crippen molar-refractivity contribution in [2.24, 2.45) is 0 Å². The van der Waals surface area contributed by atoms with Crippen LogP contribution in [-0.2, 0) is 4.79 Å². The van der Waals surface area contributed by atoms with Crippen molar-refractivity contribution in [3.8, 4) is 17.2 Å². The van der Waals surface area contributed by atoms with Gasteiger partial charge in [0.25, 0.3) is 5.91 Å². The van der Waals surface area contributed by atoms with Gasteiger partial charge >= 0.3 is 0 Å². The lowest BCUT2D eigenvalue weighted by Crippen LogP contribution is -2.20.